The first-order chi connectivity index (χ1) is 7.66. The van der Waals surface area contributed by atoms with Crippen LogP contribution in [-0.2, 0) is 6.42 Å². The van der Waals surface area contributed by atoms with Crippen molar-refractivity contribution >= 4 is 16.8 Å². The largest absolute Gasteiger partial charge is 0.358 e. The van der Waals surface area contributed by atoms with Gasteiger partial charge in [-0.25, -0.2) is 0 Å². The quantitative estimate of drug-likeness (QED) is 0.716. The van der Waals surface area contributed by atoms with E-state index in [4.69, 9.17) is 0 Å². The molecule has 1 amide bonds. The summed E-state index contributed by atoms with van der Waals surface area (Å²) in [7, 11) is 1.86. The minimum Gasteiger partial charge on any atom is -0.358 e. The molecule has 0 saturated heterocycles. The summed E-state index contributed by atoms with van der Waals surface area (Å²) in [5, 5.41) is 1.06. The molecule has 3 heteroatoms. The van der Waals surface area contributed by atoms with Gasteiger partial charge in [0.2, 0.25) is 0 Å². The van der Waals surface area contributed by atoms with Gasteiger partial charge in [-0.05, 0) is 19.1 Å². The van der Waals surface area contributed by atoms with Crippen LogP contribution in [0.5, 0.6) is 0 Å². The van der Waals surface area contributed by atoms with E-state index in [1.807, 2.05) is 7.05 Å². The average Bonchev–Trinajstić information content (AvgIpc) is 2.62. The molecule has 16 heavy (non-hydrogen) atoms. The molecule has 0 spiro atoms. The van der Waals surface area contributed by atoms with Crippen LogP contribution < -0.4 is 0 Å². The third-order valence-electron chi connectivity index (χ3n) is 3.29. The van der Waals surface area contributed by atoms with Gasteiger partial charge in [-0.3, -0.25) is 4.79 Å². The fraction of sp³-hybridized carbons (Fsp3) is 0.308. The Bertz CT molecular complexity index is 583. The predicted molar refractivity (Wildman–Crippen MR) is 63.7 cm³/mol. The second-order valence-corrected chi connectivity index (χ2v) is 4.50. The van der Waals surface area contributed by atoms with Gasteiger partial charge < -0.3 is 9.88 Å². The number of hydrogen-bond donors (Lipinski definition) is 1. The third kappa shape index (κ3) is 1.18. The molecule has 1 aliphatic rings. The highest BCUT2D eigenvalue weighted by atomic mass is 16.2. The molecule has 3 nitrogen and oxygen atoms in total. The van der Waals surface area contributed by atoms with Gasteiger partial charge in [-0.1, -0.05) is 11.6 Å². The SMILES string of the molecule is Cc1ccc2[nH]c3c(c2c1)C(=O)N(C)CC3. The van der Waals surface area contributed by atoms with Gasteiger partial charge in [-0.2, -0.15) is 0 Å². The van der Waals surface area contributed by atoms with Crippen molar-refractivity contribution in [3.05, 3.63) is 35.0 Å². The molecule has 0 unspecified atom stereocenters. The van der Waals surface area contributed by atoms with E-state index in [0.717, 1.165) is 35.1 Å². The van der Waals surface area contributed by atoms with Gasteiger partial charge in [0, 0.05) is 36.6 Å². The van der Waals surface area contributed by atoms with Crippen LogP contribution in [0.25, 0.3) is 10.9 Å². The number of carbonyl (C=O) groups is 1. The van der Waals surface area contributed by atoms with Crippen molar-refractivity contribution in [3.63, 3.8) is 0 Å². The topological polar surface area (TPSA) is 36.1 Å². The van der Waals surface area contributed by atoms with Crippen molar-refractivity contribution in [1.29, 1.82) is 0 Å². The van der Waals surface area contributed by atoms with E-state index < -0.39 is 0 Å². The summed E-state index contributed by atoms with van der Waals surface area (Å²) in [6.45, 7) is 2.85. The van der Waals surface area contributed by atoms with Crippen LogP contribution in [0.3, 0.4) is 0 Å². The Balaban J connectivity index is 2.34. The van der Waals surface area contributed by atoms with Crippen LogP contribution in [0.2, 0.25) is 0 Å². The number of benzene rings is 1. The number of rotatable bonds is 0. The zero-order chi connectivity index (χ0) is 11.3. The lowest BCUT2D eigenvalue weighted by Gasteiger charge is -2.22. The number of nitrogens with zero attached hydrogens (tertiary/aromatic N) is 1. The molecule has 0 fully saturated rings. The predicted octanol–water partition coefficient (Wildman–Crippen LogP) is 2.10. The van der Waals surface area contributed by atoms with Crippen LogP contribution in [0.4, 0.5) is 0 Å². The standard InChI is InChI=1S/C13H14N2O/c1-8-3-4-10-9(7-8)12-11(14-10)5-6-15(2)13(12)16/h3-4,7,14H,5-6H2,1-2H3. The molecule has 0 saturated carbocycles. The minimum absolute atomic E-state index is 0.137. The Kier molecular flexibility index (Phi) is 1.84. The van der Waals surface area contributed by atoms with Crippen LogP contribution in [0.15, 0.2) is 18.2 Å². The monoisotopic (exact) mass is 214 g/mol. The molecule has 1 aromatic carbocycles. The average molecular weight is 214 g/mol. The zero-order valence-corrected chi connectivity index (χ0v) is 9.50. The number of amides is 1. The van der Waals surface area contributed by atoms with Gasteiger partial charge in [-0.15, -0.1) is 0 Å². The highest BCUT2D eigenvalue weighted by Crippen LogP contribution is 2.27. The molecule has 0 radical (unpaired) electrons. The first-order valence-corrected chi connectivity index (χ1v) is 5.53. The molecule has 82 valence electrons. The number of fused-ring (bicyclic) bond motifs is 3. The lowest BCUT2D eigenvalue weighted by molar-refractivity contribution is 0.0782. The molecular formula is C13H14N2O. The van der Waals surface area contributed by atoms with Gasteiger partial charge in [0.05, 0.1) is 5.56 Å². The van der Waals surface area contributed by atoms with Crippen molar-refractivity contribution < 1.29 is 4.79 Å². The van der Waals surface area contributed by atoms with E-state index in [1.54, 1.807) is 4.90 Å². The summed E-state index contributed by atoms with van der Waals surface area (Å²) >= 11 is 0. The lowest BCUT2D eigenvalue weighted by atomic mass is 10.0. The van der Waals surface area contributed by atoms with Crippen LogP contribution >= 0.6 is 0 Å². The Hall–Kier alpha value is -1.77. The summed E-state index contributed by atoms with van der Waals surface area (Å²) in [6.07, 6.45) is 0.922. The summed E-state index contributed by atoms with van der Waals surface area (Å²) in [6, 6.07) is 6.20. The normalized spacial score (nSPS) is 15.6. The van der Waals surface area contributed by atoms with E-state index in [-0.39, 0.29) is 5.91 Å². The first kappa shape index (κ1) is 9.46. The molecule has 0 aliphatic carbocycles. The number of aromatic nitrogens is 1. The number of carbonyl (C=O) groups excluding carboxylic acids is 1. The van der Waals surface area contributed by atoms with Crippen LogP contribution in [0, 0.1) is 6.92 Å². The van der Waals surface area contributed by atoms with Crippen LogP contribution in [-0.4, -0.2) is 29.4 Å². The van der Waals surface area contributed by atoms with Gasteiger partial charge >= 0.3 is 0 Å². The van der Waals surface area contributed by atoms with Crippen molar-refractivity contribution in [2.24, 2.45) is 0 Å². The van der Waals surface area contributed by atoms with E-state index >= 15 is 0 Å². The van der Waals surface area contributed by atoms with Crippen LogP contribution in [0.1, 0.15) is 21.6 Å². The zero-order valence-electron chi connectivity index (χ0n) is 9.50. The van der Waals surface area contributed by atoms with E-state index in [1.165, 1.54) is 5.56 Å². The lowest BCUT2D eigenvalue weighted by Crippen LogP contribution is -2.33. The second kappa shape index (κ2) is 3.11. The van der Waals surface area contributed by atoms with Gasteiger partial charge in [0.15, 0.2) is 0 Å². The third-order valence-corrected chi connectivity index (χ3v) is 3.29. The Morgan fingerprint density at radius 3 is 3.00 bits per heavy atom. The van der Waals surface area contributed by atoms with E-state index in [0.29, 0.717) is 0 Å². The van der Waals surface area contributed by atoms with E-state index in [2.05, 4.69) is 30.1 Å². The van der Waals surface area contributed by atoms with Crippen molar-refractivity contribution in [2.75, 3.05) is 13.6 Å². The van der Waals surface area contributed by atoms with Crippen molar-refractivity contribution in [2.45, 2.75) is 13.3 Å². The smallest absolute Gasteiger partial charge is 0.256 e. The highest BCUT2D eigenvalue weighted by Gasteiger charge is 2.25. The molecule has 2 heterocycles. The maximum absolute atomic E-state index is 12.1. The molecule has 2 aromatic rings. The highest BCUT2D eigenvalue weighted by molar-refractivity contribution is 6.08. The molecule has 1 aliphatic heterocycles. The van der Waals surface area contributed by atoms with Gasteiger partial charge in [0.1, 0.15) is 0 Å². The minimum atomic E-state index is 0.137. The van der Waals surface area contributed by atoms with Gasteiger partial charge in [0.25, 0.3) is 5.91 Å². The number of aromatic amines is 1. The first-order valence-electron chi connectivity index (χ1n) is 5.53. The fourth-order valence-electron chi connectivity index (χ4n) is 2.37. The summed E-state index contributed by atoms with van der Waals surface area (Å²) in [5.74, 6) is 0.137. The number of nitrogens with one attached hydrogen (secondary N) is 1. The number of H-pyrrole nitrogens is 1. The second-order valence-electron chi connectivity index (χ2n) is 4.50. The molecule has 3 rings (SSSR count). The Morgan fingerprint density at radius 1 is 1.38 bits per heavy atom. The summed E-state index contributed by atoms with van der Waals surface area (Å²) in [4.78, 5) is 17.2. The molecular weight excluding hydrogens is 200 g/mol. The number of likely N-dealkylation sites (N-methyl/N-ethyl adjacent to an activating group) is 1. The maximum Gasteiger partial charge on any atom is 0.256 e. The summed E-state index contributed by atoms with van der Waals surface area (Å²) in [5.41, 5.74) is 4.21. The Morgan fingerprint density at radius 2 is 2.19 bits per heavy atom. The number of aryl methyl sites for hydroxylation is 1. The van der Waals surface area contributed by atoms with E-state index in [9.17, 15) is 4.79 Å². The molecule has 0 atom stereocenters. The summed E-state index contributed by atoms with van der Waals surface area (Å²) < 4.78 is 0. The maximum atomic E-state index is 12.1. The molecule has 1 aromatic heterocycles. The number of hydrogen-bond acceptors (Lipinski definition) is 1. The molecule has 0 bridgehead atoms. The molecule has 1 N–H and O–H groups in total. The van der Waals surface area contributed by atoms with Crippen molar-refractivity contribution in [1.82, 2.24) is 9.88 Å². The van der Waals surface area contributed by atoms with Crippen molar-refractivity contribution in [3.8, 4) is 0 Å². The Labute approximate surface area is 94.1 Å². The fourth-order valence-corrected chi connectivity index (χ4v) is 2.37.